The van der Waals surface area contributed by atoms with Crippen molar-refractivity contribution in [1.82, 2.24) is 24.4 Å². The molecule has 3 aromatic rings. The molecular weight excluding hydrogens is 216 g/mol. The summed E-state index contributed by atoms with van der Waals surface area (Å²) in [5, 5.41) is 11.7. The Morgan fingerprint density at radius 1 is 1.18 bits per heavy atom. The first-order chi connectivity index (χ1) is 8.31. The van der Waals surface area contributed by atoms with Crippen LogP contribution in [0.5, 0.6) is 0 Å². The maximum Gasteiger partial charge on any atom is 0.243 e. The summed E-state index contributed by atoms with van der Waals surface area (Å²) >= 11 is 0. The summed E-state index contributed by atoms with van der Waals surface area (Å²) in [6.07, 6.45) is 3.78. The summed E-state index contributed by atoms with van der Waals surface area (Å²) in [4.78, 5) is 4.34. The number of rotatable bonds is 3. The number of nitrogens with one attached hydrogen (secondary N) is 1. The van der Waals surface area contributed by atoms with Crippen LogP contribution in [0.4, 0.5) is 5.95 Å². The average molecular weight is 228 g/mol. The van der Waals surface area contributed by atoms with Crippen LogP contribution in [0.15, 0.2) is 36.7 Å². The van der Waals surface area contributed by atoms with Gasteiger partial charge in [-0.2, -0.15) is 10.1 Å². The lowest BCUT2D eigenvalue weighted by molar-refractivity contribution is 0.746. The van der Waals surface area contributed by atoms with E-state index in [1.165, 1.54) is 0 Å². The van der Waals surface area contributed by atoms with Crippen molar-refractivity contribution >= 4 is 11.6 Å². The molecule has 86 valence electrons. The summed E-state index contributed by atoms with van der Waals surface area (Å²) < 4.78 is 3.51. The van der Waals surface area contributed by atoms with Gasteiger partial charge < -0.3 is 5.32 Å². The van der Waals surface area contributed by atoms with Gasteiger partial charge in [0, 0.05) is 19.4 Å². The zero-order valence-electron chi connectivity index (χ0n) is 9.41. The number of pyridine rings is 1. The lowest BCUT2D eigenvalue weighted by Crippen LogP contribution is -2.02. The third kappa shape index (κ3) is 1.96. The van der Waals surface area contributed by atoms with Crippen molar-refractivity contribution in [2.24, 2.45) is 7.05 Å². The van der Waals surface area contributed by atoms with Gasteiger partial charge in [0.05, 0.1) is 12.2 Å². The van der Waals surface area contributed by atoms with E-state index in [9.17, 15) is 0 Å². The molecule has 0 saturated carbocycles. The molecule has 0 radical (unpaired) electrons. The fraction of sp³-hybridized carbons (Fsp3) is 0.182. The second-order valence-electron chi connectivity index (χ2n) is 3.77. The first-order valence-corrected chi connectivity index (χ1v) is 5.35. The average Bonchev–Trinajstić information content (AvgIpc) is 2.91. The minimum Gasteiger partial charge on any atom is -0.347 e. The van der Waals surface area contributed by atoms with Crippen LogP contribution in [0.2, 0.25) is 0 Å². The van der Waals surface area contributed by atoms with E-state index in [4.69, 9.17) is 0 Å². The predicted octanol–water partition coefficient (Wildman–Crippen LogP) is 1.07. The number of hydrogen-bond donors (Lipinski definition) is 1. The summed E-state index contributed by atoms with van der Waals surface area (Å²) in [6, 6.07) is 7.73. The quantitative estimate of drug-likeness (QED) is 0.728. The van der Waals surface area contributed by atoms with Crippen LogP contribution >= 0.6 is 0 Å². The van der Waals surface area contributed by atoms with Gasteiger partial charge in [0.2, 0.25) is 5.95 Å². The van der Waals surface area contributed by atoms with E-state index in [2.05, 4.69) is 20.5 Å². The lowest BCUT2D eigenvalue weighted by atomic mass is 10.4. The van der Waals surface area contributed by atoms with Crippen LogP contribution in [0.1, 0.15) is 5.69 Å². The van der Waals surface area contributed by atoms with E-state index in [1.807, 2.05) is 43.7 Å². The van der Waals surface area contributed by atoms with Crippen molar-refractivity contribution in [2.45, 2.75) is 6.54 Å². The summed E-state index contributed by atoms with van der Waals surface area (Å²) in [5.41, 5.74) is 1.79. The summed E-state index contributed by atoms with van der Waals surface area (Å²) in [7, 11) is 1.90. The SMILES string of the molecule is Cn1ccc(CNc2nc3ccccn3n2)n1. The Labute approximate surface area is 97.9 Å². The van der Waals surface area contributed by atoms with Crippen molar-refractivity contribution in [3.05, 3.63) is 42.4 Å². The maximum absolute atomic E-state index is 4.34. The van der Waals surface area contributed by atoms with Crippen LogP contribution in [0.3, 0.4) is 0 Å². The van der Waals surface area contributed by atoms with Crippen LogP contribution in [-0.4, -0.2) is 24.4 Å². The molecule has 0 aliphatic rings. The van der Waals surface area contributed by atoms with Gasteiger partial charge >= 0.3 is 0 Å². The molecule has 0 spiro atoms. The lowest BCUT2D eigenvalue weighted by Gasteiger charge is -1.96. The molecule has 17 heavy (non-hydrogen) atoms. The van der Waals surface area contributed by atoms with Crippen molar-refractivity contribution in [1.29, 1.82) is 0 Å². The highest BCUT2D eigenvalue weighted by atomic mass is 15.3. The summed E-state index contributed by atoms with van der Waals surface area (Å²) in [6.45, 7) is 0.623. The van der Waals surface area contributed by atoms with Gasteiger partial charge in [0.25, 0.3) is 0 Å². The van der Waals surface area contributed by atoms with Crippen molar-refractivity contribution < 1.29 is 0 Å². The molecule has 3 rings (SSSR count). The highest BCUT2D eigenvalue weighted by molar-refractivity contribution is 5.42. The van der Waals surface area contributed by atoms with Gasteiger partial charge in [-0.3, -0.25) is 4.68 Å². The molecule has 0 fully saturated rings. The monoisotopic (exact) mass is 228 g/mol. The molecular formula is C11H12N6. The molecule has 0 aliphatic heterocycles. The normalized spacial score (nSPS) is 10.9. The molecule has 1 N–H and O–H groups in total. The molecule has 0 aromatic carbocycles. The maximum atomic E-state index is 4.34. The highest BCUT2D eigenvalue weighted by Crippen LogP contribution is 2.05. The number of anilines is 1. The molecule has 0 bridgehead atoms. The van der Waals surface area contributed by atoms with Crippen molar-refractivity contribution in [3.63, 3.8) is 0 Å². The van der Waals surface area contributed by atoms with Gasteiger partial charge in [-0.1, -0.05) is 6.07 Å². The molecule has 0 unspecified atom stereocenters. The molecule has 6 heteroatoms. The van der Waals surface area contributed by atoms with Crippen molar-refractivity contribution in [3.8, 4) is 0 Å². The third-order valence-corrected chi connectivity index (χ3v) is 2.44. The van der Waals surface area contributed by atoms with Crippen LogP contribution in [0.25, 0.3) is 5.65 Å². The molecule has 0 saturated heterocycles. The number of aromatic nitrogens is 5. The van der Waals surface area contributed by atoms with E-state index < -0.39 is 0 Å². The van der Waals surface area contributed by atoms with Gasteiger partial charge in [-0.15, -0.1) is 5.10 Å². The van der Waals surface area contributed by atoms with E-state index in [0.717, 1.165) is 11.3 Å². The Bertz CT molecular complexity index is 605. The first-order valence-electron chi connectivity index (χ1n) is 5.35. The molecule has 6 nitrogen and oxygen atoms in total. The first kappa shape index (κ1) is 9.83. The summed E-state index contributed by atoms with van der Waals surface area (Å²) in [5.74, 6) is 0.613. The standard InChI is InChI=1S/C11H12N6/c1-16-7-5-9(14-16)8-12-11-13-10-4-2-3-6-17(10)15-11/h2-7H,8H2,1H3,(H,12,15). The van der Waals surface area contributed by atoms with E-state index in [0.29, 0.717) is 12.5 Å². The van der Waals surface area contributed by atoms with Gasteiger partial charge in [-0.05, 0) is 18.2 Å². The van der Waals surface area contributed by atoms with E-state index >= 15 is 0 Å². The molecule has 3 aromatic heterocycles. The second-order valence-corrected chi connectivity index (χ2v) is 3.77. The fourth-order valence-corrected chi connectivity index (χ4v) is 1.63. The molecule has 0 amide bonds. The Morgan fingerprint density at radius 2 is 2.12 bits per heavy atom. The van der Waals surface area contributed by atoms with Crippen LogP contribution < -0.4 is 5.32 Å². The Kier molecular flexibility index (Phi) is 2.25. The van der Waals surface area contributed by atoms with E-state index in [-0.39, 0.29) is 0 Å². The smallest absolute Gasteiger partial charge is 0.243 e. The molecule has 0 aliphatic carbocycles. The predicted molar refractivity (Wildman–Crippen MR) is 63.5 cm³/mol. The molecule has 3 heterocycles. The second kappa shape index (κ2) is 3.89. The fourth-order valence-electron chi connectivity index (χ4n) is 1.63. The zero-order valence-corrected chi connectivity index (χ0v) is 9.41. The van der Waals surface area contributed by atoms with Crippen molar-refractivity contribution in [2.75, 3.05) is 5.32 Å². The largest absolute Gasteiger partial charge is 0.347 e. The zero-order chi connectivity index (χ0) is 11.7. The highest BCUT2D eigenvalue weighted by Gasteiger charge is 2.02. The topological polar surface area (TPSA) is 60.0 Å². The Hall–Kier alpha value is -2.37. The van der Waals surface area contributed by atoms with Crippen LogP contribution in [-0.2, 0) is 13.6 Å². The number of hydrogen-bond acceptors (Lipinski definition) is 4. The minimum absolute atomic E-state index is 0.613. The Morgan fingerprint density at radius 3 is 2.88 bits per heavy atom. The third-order valence-electron chi connectivity index (χ3n) is 2.44. The molecule has 0 atom stereocenters. The van der Waals surface area contributed by atoms with E-state index in [1.54, 1.807) is 9.20 Å². The van der Waals surface area contributed by atoms with Gasteiger partial charge in [0.15, 0.2) is 5.65 Å². The number of nitrogens with zero attached hydrogens (tertiary/aromatic N) is 5. The number of fused-ring (bicyclic) bond motifs is 1. The Balaban J connectivity index is 1.76. The minimum atomic E-state index is 0.613. The van der Waals surface area contributed by atoms with Crippen LogP contribution in [0, 0.1) is 0 Å². The van der Waals surface area contributed by atoms with Gasteiger partial charge in [-0.25, -0.2) is 4.52 Å². The van der Waals surface area contributed by atoms with Gasteiger partial charge in [0.1, 0.15) is 0 Å². The number of aryl methyl sites for hydroxylation is 1.